The van der Waals surface area contributed by atoms with Crippen LogP contribution in [0.25, 0.3) is 0 Å². The summed E-state index contributed by atoms with van der Waals surface area (Å²) in [5.41, 5.74) is 0. The van der Waals surface area contributed by atoms with Gasteiger partial charge in [0.2, 0.25) is 5.91 Å². The predicted octanol–water partition coefficient (Wildman–Crippen LogP) is 0.604. The van der Waals surface area contributed by atoms with E-state index < -0.39 is 0 Å². The summed E-state index contributed by atoms with van der Waals surface area (Å²) in [6.07, 6.45) is 0.405. The number of hydrogen-bond donors (Lipinski definition) is 1. The van der Waals surface area contributed by atoms with Crippen LogP contribution in [0.5, 0.6) is 0 Å². The van der Waals surface area contributed by atoms with Crippen molar-refractivity contribution in [3.05, 3.63) is 0 Å². The van der Waals surface area contributed by atoms with Crippen molar-refractivity contribution >= 4 is 5.91 Å². The third-order valence-electron chi connectivity index (χ3n) is 1.76. The number of hydrogen-bond acceptors (Lipinski definition) is 3. The molecule has 0 bridgehead atoms. The summed E-state index contributed by atoms with van der Waals surface area (Å²) >= 11 is 0. The smallest absolute Gasteiger partial charge is 0.236 e. The van der Waals surface area contributed by atoms with Crippen LogP contribution in [-0.2, 0) is 4.79 Å². The van der Waals surface area contributed by atoms with Crippen LogP contribution in [0.4, 0.5) is 0 Å². The Morgan fingerprint density at radius 1 is 1.57 bits per heavy atom. The molecule has 0 spiro atoms. The Kier molecular flexibility index (Phi) is 6.77. The van der Waals surface area contributed by atoms with Gasteiger partial charge in [0.05, 0.1) is 19.0 Å². The van der Waals surface area contributed by atoms with Crippen LogP contribution < -0.4 is 5.32 Å². The molecular formula is C10H19N3O. The lowest BCUT2D eigenvalue weighted by atomic mass is 10.2. The third kappa shape index (κ3) is 5.55. The van der Waals surface area contributed by atoms with Crippen LogP contribution in [0.1, 0.15) is 20.3 Å². The fraction of sp³-hybridized carbons (Fsp3) is 0.800. The lowest BCUT2D eigenvalue weighted by Crippen LogP contribution is -2.39. The number of amides is 1. The first kappa shape index (κ1) is 12.9. The number of rotatable bonds is 6. The zero-order valence-corrected chi connectivity index (χ0v) is 9.21. The molecule has 0 saturated heterocycles. The minimum absolute atomic E-state index is 0.0662. The van der Waals surface area contributed by atoms with Crippen molar-refractivity contribution in [1.82, 2.24) is 10.2 Å². The number of carbonyl (C=O) groups is 1. The van der Waals surface area contributed by atoms with Gasteiger partial charge in [-0.2, -0.15) is 5.26 Å². The highest BCUT2D eigenvalue weighted by atomic mass is 16.2. The van der Waals surface area contributed by atoms with Gasteiger partial charge < -0.3 is 10.2 Å². The first-order valence-electron chi connectivity index (χ1n) is 4.91. The van der Waals surface area contributed by atoms with E-state index in [1.807, 2.05) is 0 Å². The first-order valence-corrected chi connectivity index (χ1v) is 4.91. The van der Waals surface area contributed by atoms with E-state index in [9.17, 15) is 4.79 Å². The van der Waals surface area contributed by atoms with E-state index in [1.54, 1.807) is 11.9 Å². The lowest BCUT2D eigenvalue weighted by molar-refractivity contribution is -0.130. The van der Waals surface area contributed by atoms with Crippen LogP contribution in [0.15, 0.2) is 0 Å². The molecule has 0 aliphatic carbocycles. The van der Waals surface area contributed by atoms with Gasteiger partial charge in [-0.3, -0.25) is 4.79 Å². The molecule has 0 radical (unpaired) electrons. The van der Waals surface area contributed by atoms with Crippen LogP contribution >= 0.6 is 0 Å². The number of likely N-dealkylation sites (N-methyl/N-ethyl adjacent to an activating group) is 1. The fourth-order valence-electron chi connectivity index (χ4n) is 1.21. The maximum absolute atomic E-state index is 11.5. The molecule has 0 atom stereocenters. The quantitative estimate of drug-likeness (QED) is 0.678. The van der Waals surface area contributed by atoms with Gasteiger partial charge in [-0.15, -0.1) is 0 Å². The molecule has 0 aromatic rings. The van der Waals surface area contributed by atoms with E-state index in [4.69, 9.17) is 5.26 Å². The summed E-state index contributed by atoms with van der Waals surface area (Å²) in [6.45, 7) is 5.73. The number of nitrogens with zero attached hydrogens (tertiary/aromatic N) is 2. The molecule has 4 heteroatoms. The molecule has 0 fully saturated rings. The van der Waals surface area contributed by atoms with Gasteiger partial charge in [0, 0.05) is 13.1 Å². The molecular weight excluding hydrogens is 178 g/mol. The monoisotopic (exact) mass is 197 g/mol. The first-order chi connectivity index (χ1) is 6.61. The van der Waals surface area contributed by atoms with Gasteiger partial charge >= 0.3 is 0 Å². The lowest BCUT2D eigenvalue weighted by Gasteiger charge is -2.23. The molecule has 0 heterocycles. The summed E-state index contributed by atoms with van der Waals surface area (Å²) in [6, 6.07) is 2.05. The Morgan fingerprint density at radius 3 is 2.64 bits per heavy atom. The SMILES string of the molecule is CNCC(=O)N(CCC#N)CC(C)C. The Morgan fingerprint density at radius 2 is 2.21 bits per heavy atom. The second-order valence-corrected chi connectivity index (χ2v) is 3.67. The van der Waals surface area contributed by atoms with Gasteiger partial charge in [-0.05, 0) is 13.0 Å². The van der Waals surface area contributed by atoms with Gasteiger partial charge in [0.1, 0.15) is 0 Å². The number of nitriles is 1. The van der Waals surface area contributed by atoms with Gasteiger partial charge in [0.25, 0.3) is 0 Å². The zero-order valence-electron chi connectivity index (χ0n) is 9.21. The summed E-state index contributed by atoms with van der Waals surface area (Å²) in [5.74, 6) is 0.506. The highest BCUT2D eigenvalue weighted by Gasteiger charge is 2.12. The van der Waals surface area contributed by atoms with Crippen molar-refractivity contribution in [3.8, 4) is 6.07 Å². The van der Waals surface area contributed by atoms with E-state index in [1.165, 1.54) is 0 Å². The van der Waals surface area contributed by atoms with E-state index in [-0.39, 0.29) is 5.91 Å². The second-order valence-electron chi connectivity index (χ2n) is 3.67. The van der Waals surface area contributed by atoms with Gasteiger partial charge in [-0.25, -0.2) is 0 Å². The number of carbonyl (C=O) groups excluding carboxylic acids is 1. The summed E-state index contributed by atoms with van der Waals surface area (Å²) in [4.78, 5) is 13.3. The van der Waals surface area contributed by atoms with Crippen molar-refractivity contribution in [2.75, 3.05) is 26.7 Å². The third-order valence-corrected chi connectivity index (χ3v) is 1.76. The summed E-state index contributed by atoms with van der Waals surface area (Å²) in [5, 5.41) is 11.3. The zero-order chi connectivity index (χ0) is 11.0. The molecule has 80 valence electrons. The molecule has 1 amide bonds. The molecule has 0 aromatic carbocycles. The average molecular weight is 197 g/mol. The minimum atomic E-state index is 0.0662. The minimum Gasteiger partial charge on any atom is -0.340 e. The van der Waals surface area contributed by atoms with E-state index in [2.05, 4.69) is 25.2 Å². The van der Waals surface area contributed by atoms with Gasteiger partial charge in [-0.1, -0.05) is 13.8 Å². The van der Waals surface area contributed by atoms with Crippen molar-refractivity contribution in [2.45, 2.75) is 20.3 Å². The van der Waals surface area contributed by atoms with Crippen molar-refractivity contribution in [1.29, 1.82) is 5.26 Å². The molecule has 0 aliphatic heterocycles. The molecule has 0 unspecified atom stereocenters. The summed E-state index contributed by atoms with van der Waals surface area (Å²) in [7, 11) is 1.75. The largest absolute Gasteiger partial charge is 0.340 e. The van der Waals surface area contributed by atoms with Gasteiger partial charge in [0.15, 0.2) is 0 Å². The average Bonchev–Trinajstić information content (AvgIpc) is 2.12. The van der Waals surface area contributed by atoms with Crippen molar-refractivity contribution in [3.63, 3.8) is 0 Å². The maximum atomic E-state index is 11.5. The van der Waals surface area contributed by atoms with E-state index in [0.29, 0.717) is 25.4 Å². The Balaban J connectivity index is 4.09. The molecule has 4 nitrogen and oxygen atoms in total. The molecule has 1 N–H and O–H groups in total. The van der Waals surface area contributed by atoms with Crippen LogP contribution in [0.3, 0.4) is 0 Å². The van der Waals surface area contributed by atoms with Crippen LogP contribution in [0.2, 0.25) is 0 Å². The van der Waals surface area contributed by atoms with Crippen molar-refractivity contribution in [2.24, 2.45) is 5.92 Å². The van der Waals surface area contributed by atoms with Crippen LogP contribution in [-0.4, -0.2) is 37.5 Å². The molecule has 0 aliphatic rings. The van der Waals surface area contributed by atoms with Crippen molar-refractivity contribution < 1.29 is 4.79 Å². The highest BCUT2D eigenvalue weighted by Crippen LogP contribution is 2.00. The maximum Gasteiger partial charge on any atom is 0.236 e. The normalized spacial score (nSPS) is 9.93. The standard InChI is InChI=1S/C10H19N3O/c1-9(2)8-13(6-4-5-11)10(14)7-12-3/h9,12H,4,6-8H2,1-3H3. The van der Waals surface area contributed by atoms with E-state index >= 15 is 0 Å². The molecule has 0 rings (SSSR count). The Labute approximate surface area is 85.9 Å². The summed E-state index contributed by atoms with van der Waals surface area (Å²) < 4.78 is 0. The molecule has 0 saturated carbocycles. The fourth-order valence-corrected chi connectivity index (χ4v) is 1.21. The van der Waals surface area contributed by atoms with Crippen LogP contribution in [0, 0.1) is 17.2 Å². The molecule has 14 heavy (non-hydrogen) atoms. The molecule has 0 aromatic heterocycles. The predicted molar refractivity (Wildman–Crippen MR) is 55.6 cm³/mol. The Bertz CT molecular complexity index is 208. The highest BCUT2D eigenvalue weighted by molar-refractivity contribution is 5.78. The second kappa shape index (κ2) is 7.34. The topological polar surface area (TPSA) is 56.1 Å². The van der Waals surface area contributed by atoms with E-state index in [0.717, 1.165) is 6.54 Å². The Hall–Kier alpha value is -1.08. The number of nitrogens with one attached hydrogen (secondary N) is 1.